The fourth-order valence-electron chi connectivity index (χ4n) is 3.73. The van der Waals surface area contributed by atoms with Gasteiger partial charge in [0.25, 0.3) is 5.91 Å². The number of carbonyl (C=O) groups excluding carboxylic acids is 2. The molecule has 1 atom stereocenters. The number of hydrogen-bond donors (Lipinski definition) is 1. The van der Waals surface area contributed by atoms with Crippen molar-refractivity contribution in [2.24, 2.45) is 0 Å². The number of likely N-dealkylation sites (tertiary alicyclic amines) is 1. The van der Waals surface area contributed by atoms with Crippen molar-refractivity contribution in [2.75, 3.05) is 13.1 Å². The molecule has 1 aromatic heterocycles. The first-order chi connectivity index (χ1) is 14.1. The molecule has 1 aliphatic heterocycles. The van der Waals surface area contributed by atoms with Crippen molar-refractivity contribution in [2.45, 2.75) is 32.9 Å². The minimum absolute atomic E-state index is 0.0295. The normalized spacial score (nSPS) is 16.4. The molecular formula is C23H24N2O4. The molecule has 1 saturated heterocycles. The van der Waals surface area contributed by atoms with Gasteiger partial charge < -0.3 is 19.4 Å². The minimum atomic E-state index is -0.482. The highest BCUT2D eigenvalue weighted by Crippen LogP contribution is 2.30. The average molecular weight is 392 g/mol. The molecule has 3 aromatic rings. The first-order valence-corrected chi connectivity index (χ1v) is 9.86. The van der Waals surface area contributed by atoms with Crippen LogP contribution in [0.2, 0.25) is 0 Å². The molecule has 1 N–H and O–H groups in total. The van der Waals surface area contributed by atoms with E-state index >= 15 is 0 Å². The van der Waals surface area contributed by atoms with E-state index < -0.39 is 6.04 Å². The Morgan fingerprint density at radius 1 is 1.24 bits per heavy atom. The van der Waals surface area contributed by atoms with Gasteiger partial charge in [0.15, 0.2) is 0 Å². The van der Waals surface area contributed by atoms with E-state index in [0.29, 0.717) is 54.2 Å². The summed E-state index contributed by atoms with van der Waals surface area (Å²) in [4.78, 5) is 27.0. The molecule has 1 aliphatic rings. The molecule has 6 heteroatoms. The molecule has 2 amide bonds. The molecule has 4 rings (SSSR count). The van der Waals surface area contributed by atoms with Crippen molar-refractivity contribution in [3.05, 3.63) is 65.4 Å². The lowest BCUT2D eigenvalue weighted by atomic mass is 10.1. The van der Waals surface area contributed by atoms with Gasteiger partial charge in [0.2, 0.25) is 5.91 Å². The molecule has 0 saturated carbocycles. The number of nitrogens with one attached hydrogen (secondary N) is 1. The Morgan fingerprint density at radius 3 is 2.76 bits per heavy atom. The number of rotatable bonds is 6. The molecule has 0 radical (unpaired) electrons. The van der Waals surface area contributed by atoms with Gasteiger partial charge >= 0.3 is 0 Å². The van der Waals surface area contributed by atoms with Gasteiger partial charge in [-0.15, -0.1) is 0 Å². The maximum Gasteiger partial charge on any atom is 0.256 e. The van der Waals surface area contributed by atoms with Crippen LogP contribution in [-0.4, -0.2) is 35.8 Å². The van der Waals surface area contributed by atoms with E-state index in [1.165, 1.54) is 0 Å². The maximum absolute atomic E-state index is 12.9. The molecular weight excluding hydrogens is 368 g/mol. The third-order valence-corrected chi connectivity index (χ3v) is 5.30. The third kappa shape index (κ3) is 3.83. The van der Waals surface area contributed by atoms with Crippen LogP contribution in [0.15, 0.2) is 52.9 Å². The highest BCUT2D eigenvalue weighted by Gasteiger charge is 2.33. The quantitative estimate of drug-likeness (QED) is 0.695. The Bertz CT molecular complexity index is 1040. The van der Waals surface area contributed by atoms with E-state index in [0.717, 1.165) is 5.56 Å². The van der Waals surface area contributed by atoms with E-state index in [4.69, 9.17) is 9.15 Å². The Morgan fingerprint density at radius 2 is 2.03 bits per heavy atom. The van der Waals surface area contributed by atoms with E-state index in [1.54, 1.807) is 17.9 Å². The van der Waals surface area contributed by atoms with Crippen molar-refractivity contribution in [3.8, 4) is 5.75 Å². The van der Waals surface area contributed by atoms with Gasteiger partial charge in [0.05, 0.1) is 5.56 Å². The third-order valence-electron chi connectivity index (χ3n) is 5.30. The molecule has 0 bridgehead atoms. The van der Waals surface area contributed by atoms with Gasteiger partial charge in [-0.3, -0.25) is 9.59 Å². The smallest absolute Gasteiger partial charge is 0.256 e. The molecule has 0 spiro atoms. The lowest BCUT2D eigenvalue weighted by molar-refractivity contribution is -0.129. The van der Waals surface area contributed by atoms with Crippen LogP contribution in [0.1, 0.15) is 35.0 Å². The van der Waals surface area contributed by atoms with Gasteiger partial charge in [-0.2, -0.15) is 0 Å². The Hall–Kier alpha value is -3.28. The van der Waals surface area contributed by atoms with Gasteiger partial charge in [-0.1, -0.05) is 30.3 Å². The minimum Gasteiger partial charge on any atom is -0.489 e. The number of amides is 2. The van der Waals surface area contributed by atoms with E-state index in [1.807, 2.05) is 49.4 Å². The lowest BCUT2D eigenvalue weighted by Gasteiger charge is -2.14. The highest BCUT2D eigenvalue weighted by molar-refractivity contribution is 6.08. The summed E-state index contributed by atoms with van der Waals surface area (Å²) in [5.74, 6) is 0.858. The molecule has 6 nitrogen and oxygen atoms in total. The second-order valence-corrected chi connectivity index (χ2v) is 7.20. The highest BCUT2D eigenvalue weighted by atomic mass is 16.5. The second kappa shape index (κ2) is 7.99. The summed E-state index contributed by atoms with van der Waals surface area (Å²) in [7, 11) is 0. The summed E-state index contributed by atoms with van der Waals surface area (Å²) in [6.07, 6.45) is 0.624. The van der Waals surface area contributed by atoms with Crippen LogP contribution < -0.4 is 10.1 Å². The number of carbonyl (C=O) groups is 2. The largest absolute Gasteiger partial charge is 0.489 e. The van der Waals surface area contributed by atoms with Crippen molar-refractivity contribution in [1.82, 2.24) is 10.2 Å². The van der Waals surface area contributed by atoms with E-state index in [2.05, 4.69) is 5.32 Å². The Labute approximate surface area is 169 Å². The predicted molar refractivity (Wildman–Crippen MR) is 110 cm³/mol. The van der Waals surface area contributed by atoms with Crippen LogP contribution in [0.3, 0.4) is 0 Å². The summed E-state index contributed by atoms with van der Waals surface area (Å²) >= 11 is 0. The summed E-state index contributed by atoms with van der Waals surface area (Å²) in [5.41, 5.74) is 2.13. The van der Waals surface area contributed by atoms with Gasteiger partial charge in [-0.05, 0) is 44.0 Å². The first kappa shape index (κ1) is 19.1. The van der Waals surface area contributed by atoms with Crippen LogP contribution in [0.5, 0.6) is 5.75 Å². The first-order valence-electron chi connectivity index (χ1n) is 9.86. The van der Waals surface area contributed by atoms with Crippen LogP contribution >= 0.6 is 0 Å². The van der Waals surface area contributed by atoms with Crippen molar-refractivity contribution in [1.29, 1.82) is 0 Å². The van der Waals surface area contributed by atoms with Gasteiger partial charge in [-0.25, -0.2) is 0 Å². The molecule has 150 valence electrons. The van der Waals surface area contributed by atoms with Crippen LogP contribution in [0, 0.1) is 6.92 Å². The van der Waals surface area contributed by atoms with Crippen LogP contribution in [0.4, 0.5) is 0 Å². The molecule has 1 fully saturated rings. The van der Waals surface area contributed by atoms with Crippen molar-refractivity contribution < 1.29 is 18.7 Å². The average Bonchev–Trinajstić information content (AvgIpc) is 3.25. The van der Waals surface area contributed by atoms with E-state index in [9.17, 15) is 9.59 Å². The van der Waals surface area contributed by atoms with Crippen LogP contribution in [-0.2, 0) is 11.4 Å². The molecule has 1 unspecified atom stereocenters. The Kier molecular flexibility index (Phi) is 5.25. The van der Waals surface area contributed by atoms with E-state index in [-0.39, 0.29) is 11.8 Å². The summed E-state index contributed by atoms with van der Waals surface area (Å²) < 4.78 is 11.6. The fourth-order valence-corrected chi connectivity index (χ4v) is 3.73. The number of aryl methyl sites for hydroxylation is 1. The lowest BCUT2D eigenvalue weighted by Crippen LogP contribution is -2.41. The number of nitrogens with zero attached hydrogens (tertiary/aromatic N) is 1. The van der Waals surface area contributed by atoms with Gasteiger partial charge in [0.1, 0.15) is 29.7 Å². The number of fused-ring (bicyclic) bond motifs is 1. The SMILES string of the molecule is CCN1CCC(NC(=O)c2c(C)oc3ccc(OCc4ccccc4)cc23)C1=O. The van der Waals surface area contributed by atoms with Crippen LogP contribution in [0.25, 0.3) is 11.0 Å². The second-order valence-electron chi connectivity index (χ2n) is 7.20. The number of ether oxygens (including phenoxy) is 1. The van der Waals surface area contributed by atoms with Crippen molar-refractivity contribution >= 4 is 22.8 Å². The number of benzene rings is 2. The molecule has 2 aromatic carbocycles. The predicted octanol–water partition coefficient (Wildman–Crippen LogP) is 3.67. The Balaban J connectivity index is 1.54. The molecule has 0 aliphatic carbocycles. The topological polar surface area (TPSA) is 71.8 Å². The zero-order valence-corrected chi connectivity index (χ0v) is 16.6. The molecule has 2 heterocycles. The number of hydrogen-bond acceptors (Lipinski definition) is 4. The summed E-state index contributed by atoms with van der Waals surface area (Å²) in [5, 5.41) is 3.56. The zero-order chi connectivity index (χ0) is 20.4. The number of furan rings is 1. The van der Waals surface area contributed by atoms with Crippen molar-refractivity contribution in [3.63, 3.8) is 0 Å². The summed E-state index contributed by atoms with van der Waals surface area (Å²) in [6, 6.07) is 14.9. The number of likely N-dealkylation sites (N-methyl/N-ethyl adjacent to an activating group) is 1. The maximum atomic E-state index is 12.9. The standard InChI is InChI=1S/C23H24N2O4/c1-3-25-12-11-19(23(25)27)24-22(26)21-15(2)29-20-10-9-17(13-18(20)21)28-14-16-7-5-4-6-8-16/h4-10,13,19H,3,11-12,14H2,1-2H3,(H,24,26). The fraction of sp³-hybridized carbons (Fsp3) is 0.304. The summed E-state index contributed by atoms with van der Waals surface area (Å²) in [6.45, 7) is 5.46. The monoisotopic (exact) mass is 392 g/mol. The van der Waals surface area contributed by atoms with Gasteiger partial charge in [0, 0.05) is 18.5 Å². The molecule has 29 heavy (non-hydrogen) atoms. The zero-order valence-electron chi connectivity index (χ0n) is 16.6.